The zero-order valence-corrected chi connectivity index (χ0v) is 9.92. The van der Waals surface area contributed by atoms with Gasteiger partial charge in [0.05, 0.1) is 5.75 Å². The van der Waals surface area contributed by atoms with Crippen LogP contribution in [0.5, 0.6) is 0 Å². The van der Waals surface area contributed by atoms with E-state index in [9.17, 15) is 8.42 Å². The molecule has 0 saturated heterocycles. The van der Waals surface area contributed by atoms with Crippen molar-refractivity contribution in [1.29, 1.82) is 0 Å². The van der Waals surface area contributed by atoms with Gasteiger partial charge in [0.1, 0.15) is 23.0 Å². The number of nitrogens with two attached hydrogens (primary N) is 2. The minimum atomic E-state index is -3.43. The summed E-state index contributed by atoms with van der Waals surface area (Å²) in [4.78, 5) is 7.54. The molecule has 9 heteroatoms. The molecule has 0 saturated carbocycles. The molecular weight excluding hydrogens is 254 g/mol. The van der Waals surface area contributed by atoms with Gasteiger partial charge in [0, 0.05) is 6.54 Å². The first-order chi connectivity index (χ1) is 7.40. The molecule has 1 aromatic heterocycles. The van der Waals surface area contributed by atoms with Crippen LogP contribution >= 0.6 is 11.6 Å². The van der Waals surface area contributed by atoms with Crippen LogP contribution in [0.1, 0.15) is 6.42 Å². The summed E-state index contributed by atoms with van der Waals surface area (Å²) in [6, 6.07) is 0. The average molecular weight is 266 g/mol. The van der Waals surface area contributed by atoms with E-state index in [2.05, 4.69) is 15.3 Å². The predicted octanol–water partition coefficient (Wildman–Crippen LogP) is -0.197. The molecule has 0 aromatic carbocycles. The van der Waals surface area contributed by atoms with Crippen molar-refractivity contribution in [1.82, 2.24) is 9.97 Å². The largest absolute Gasteiger partial charge is 0.382 e. The Kier molecular flexibility index (Phi) is 4.27. The molecular formula is C7H12ClN5O2S. The lowest BCUT2D eigenvalue weighted by molar-refractivity contribution is 0.595. The molecule has 90 valence electrons. The fourth-order valence-corrected chi connectivity index (χ4v) is 1.70. The Morgan fingerprint density at radius 3 is 2.75 bits per heavy atom. The van der Waals surface area contributed by atoms with Crippen molar-refractivity contribution >= 4 is 33.3 Å². The number of sulfonamides is 1. The number of rotatable bonds is 5. The molecule has 0 amide bonds. The third-order valence-electron chi connectivity index (χ3n) is 1.71. The molecule has 0 bridgehead atoms. The van der Waals surface area contributed by atoms with E-state index in [0.29, 0.717) is 18.8 Å². The summed E-state index contributed by atoms with van der Waals surface area (Å²) in [5.74, 6) is 0.451. The molecule has 0 aliphatic rings. The van der Waals surface area contributed by atoms with Crippen LogP contribution in [0.15, 0.2) is 6.33 Å². The Bertz CT molecular complexity index is 464. The van der Waals surface area contributed by atoms with E-state index >= 15 is 0 Å². The summed E-state index contributed by atoms with van der Waals surface area (Å²) in [5.41, 5.74) is 5.46. The van der Waals surface area contributed by atoms with Crippen LogP contribution in [0.25, 0.3) is 0 Å². The first-order valence-electron chi connectivity index (χ1n) is 4.40. The van der Waals surface area contributed by atoms with Crippen LogP contribution in [0.3, 0.4) is 0 Å². The lowest BCUT2D eigenvalue weighted by Gasteiger charge is -2.07. The molecule has 7 nitrogen and oxygen atoms in total. The summed E-state index contributed by atoms with van der Waals surface area (Å²) in [7, 11) is -3.43. The first kappa shape index (κ1) is 12.9. The molecule has 1 heterocycles. The Labute approximate surface area is 98.3 Å². The zero-order valence-electron chi connectivity index (χ0n) is 8.35. The van der Waals surface area contributed by atoms with Gasteiger partial charge >= 0.3 is 0 Å². The Morgan fingerprint density at radius 1 is 1.44 bits per heavy atom. The quantitative estimate of drug-likeness (QED) is 0.634. The second kappa shape index (κ2) is 5.28. The van der Waals surface area contributed by atoms with E-state index < -0.39 is 10.0 Å². The van der Waals surface area contributed by atoms with E-state index in [0.717, 1.165) is 0 Å². The smallest absolute Gasteiger partial charge is 0.209 e. The van der Waals surface area contributed by atoms with Gasteiger partial charge in [0.25, 0.3) is 0 Å². The Hall–Kier alpha value is -1.12. The summed E-state index contributed by atoms with van der Waals surface area (Å²) in [6.45, 7) is 0.382. The maximum atomic E-state index is 10.6. The van der Waals surface area contributed by atoms with Crippen molar-refractivity contribution in [3.05, 3.63) is 11.3 Å². The highest BCUT2D eigenvalue weighted by atomic mass is 35.5. The molecule has 0 aliphatic heterocycles. The van der Waals surface area contributed by atoms with Crippen molar-refractivity contribution in [2.45, 2.75) is 6.42 Å². The van der Waals surface area contributed by atoms with E-state index in [1.807, 2.05) is 0 Å². The number of hydrogen-bond acceptors (Lipinski definition) is 6. The zero-order chi connectivity index (χ0) is 12.2. The maximum Gasteiger partial charge on any atom is 0.209 e. The van der Waals surface area contributed by atoms with Gasteiger partial charge in [-0.05, 0) is 6.42 Å². The van der Waals surface area contributed by atoms with Gasteiger partial charge in [-0.2, -0.15) is 0 Å². The van der Waals surface area contributed by atoms with Gasteiger partial charge in [-0.15, -0.1) is 0 Å². The molecule has 0 atom stereocenters. The third kappa shape index (κ3) is 4.17. The number of anilines is 2. The van der Waals surface area contributed by atoms with Crippen LogP contribution in [0.2, 0.25) is 5.02 Å². The summed E-state index contributed by atoms with van der Waals surface area (Å²) < 4.78 is 21.3. The number of primary sulfonamides is 1. The fraction of sp³-hybridized carbons (Fsp3) is 0.429. The topological polar surface area (TPSA) is 124 Å². The van der Waals surface area contributed by atoms with Crippen molar-refractivity contribution in [2.75, 3.05) is 23.3 Å². The minimum Gasteiger partial charge on any atom is -0.382 e. The van der Waals surface area contributed by atoms with Crippen LogP contribution in [0.4, 0.5) is 11.6 Å². The number of hydrogen-bond donors (Lipinski definition) is 3. The maximum absolute atomic E-state index is 10.6. The van der Waals surface area contributed by atoms with Crippen molar-refractivity contribution in [3.63, 3.8) is 0 Å². The summed E-state index contributed by atoms with van der Waals surface area (Å²) in [6.07, 6.45) is 1.63. The van der Waals surface area contributed by atoms with E-state index in [4.69, 9.17) is 22.5 Å². The highest BCUT2D eigenvalue weighted by Gasteiger charge is 2.06. The number of nitrogen functional groups attached to an aromatic ring is 1. The molecule has 1 aromatic rings. The van der Waals surface area contributed by atoms with E-state index in [1.165, 1.54) is 6.33 Å². The molecule has 5 N–H and O–H groups in total. The van der Waals surface area contributed by atoms with Gasteiger partial charge in [-0.1, -0.05) is 11.6 Å². The highest BCUT2D eigenvalue weighted by Crippen LogP contribution is 2.22. The Balaban J connectivity index is 2.47. The molecule has 0 unspecified atom stereocenters. The third-order valence-corrected chi connectivity index (χ3v) is 2.94. The van der Waals surface area contributed by atoms with Crippen molar-refractivity contribution < 1.29 is 8.42 Å². The van der Waals surface area contributed by atoms with Crippen LogP contribution < -0.4 is 16.2 Å². The lowest BCUT2D eigenvalue weighted by atomic mass is 10.4. The predicted molar refractivity (Wildman–Crippen MR) is 62.5 cm³/mol. The van der Waals surface area contributed by atoms with E-state index in [1.54, 1.807) is 0 Å². The SMILES string of the molecule is Nc1ncnc(NCCCS(N)(=O)=O)c1Cl. The number of aromatic nitrogens is 2. The van der Waals surface area contributed by atoms with Crippen LogP contribution in [-0.4, -0.2) is 30.7 Å². The second-order valence-electron chi connectivity index (χ2n) is 3.07. The van der Waals surface area contributed by atoms with Gasteiger partial charge in [-0.3, -0.25) is 0 Å². The van der Waals surface area contributed by atoms with Gasteiger partial charge in [0.15, 0.2) is 0 Å². The minimum absolute atomic E-state index is 0.0990. The second-order valence-corrected chi connectivity index (χ2v) is 5.18. The normalized spacial score (nSPS) is 11.4. The average Bonchev–Trinajstić information content (AvgIpc) is 2.17. The fourth-order valence-electron chi connectivity index (χ4n) is 0.987. The number of nitrogens with zero attached hydrogens (tertiary/aromatic N) is 2. The standard InChI is InChI=1S/C7H12ClN5O2S/c8-5-6(9)12-4-13-7(5)11-2-1-3-16(10,14)15/h4H,1-3H2,(H2,10,14,15)(H3,9,11,12,13). The Morgan fingerprint density at radius 2 is 2.12 bits per heavy atom. The molecule has 1 rings (SSSR count). The first-order valence-corrected chi connectivity index (χ1v) is 6.50. The molecule has 0 spiro atoms. The monoisotopic (exact) mass is 265 g/mol. The highest BCUT2D eigenvalue weighted by molar-refractivity contribution is 7.89. The number of nitrogens with one attached hydrogen (secondary N) is 1. The van der Waals surface area contributed by atoms with Gasteiger partial charge < -0.3 is 11.1 Å². The van der Waals surface area contributed by atoms with Gasteiger partial charge in [-0.25, -0.2) is 23.5 Å². The lowest BCUT2D eigenvalue weighted by Crippen LogP contribution is -2.19. The van der Waals surface area contributed by atoms with Crippen LogP contribution in [0, 0.1) is 0 Å². The summed E-state index contributed by atoms with van der Waals surface area (Å²) in [5, 5.41) is 7.91. The van der Waals surface area contributed by atoms with Crippen molar-refractivity contribution in [3.8, 4) is 0 Å². The van der Waals surface area contributed by atoms with Gasteiger partial charge in [0.2, 0.25) is 10.0 Å². The summed E-state index contributed by atoms with van der Waals surface area (Å²) >= 11 is 5.81. The van der Waals surface area contributed by atoms with E-state index in [-0.39, 0.29) is 16.6 Å². The molecule has 16 heavy (non-hydrogen) atoms. The molecule has 0 aliphatic carbocycles. The number of halogens is 1. The molecule has 0 radical (unpaired) electrons. The van der Waals surface area contributed by atoms with Crippen LogP contribution in [-0.2, 0) is 10.0 Å². The molecule has 0 fully saturated rings. The van der Waals surface area contributed by atoms with Crippen molar-refractivity contribution in [2.24, 2.45) is 5.14 Å².